The van der Waals surface area contributed by atoms with E-state index in [-0.39, 0.29) is 18.4 Å². The molecule has 0 unspecified atom stereocenters. The number of halogens is 2. The Hall–Kier alpha value is -1.19. The molecule has 6 nitrogen and oxygen atoms in total. The fraction of sp³-hybridized carbons (Fsp3) is 0.632. The molecule has 0 aromatic heterocycles. The SMILES string of the molecule is CC(C)(C)OC(=O)N1C2CC(C2)[C@H](NS(C)(=O)=O)[C@@H]1Cc1cccc(Br)c1F. The minimum absolute atomic E-state index is 0.0160. The second kappa shape index (κ2) is 7.57. The van der Waals surface area contributed by atoms with Crippen LogP contribution in [0.5, 0.6) is 0 Å². The van der Waals surface area contributed by atoms with E-state index >= 15 is 0 Å². The number of sulfonamides is 1. The molecule has 0 radical (unpaired) electrons. The molecule has 9 heteroatoms. The van der Waals surface area contributed by atoms with Gasteiger partial charge in [-0.05, 0) is 73.5 Å². The van der Waals surface area contributed by atoms with Gasteiger partial charge in [-0.15, -0.1) is 0 Å². The van der Waals surface area contributed by atoms with E-state index in [0.717, 1.165) is 6.26 Å². The normalized spacial score (nSPS) is 27.3. The number of carbonyl (C=O) groups excluding carboxylic acids is 1. The largest absolute Gasteiger partial charge is 0.444 e. The van der Waals surface area contributed by atoms with E-state index in [1.165, 1.54) is 0 Å². The van der Waals surface area contributed by atoms with Crippen LogP contribution in [0.3, 0.4) is 0 Å². The third kappa shape index (κ3) is 4.68. The number of nitrogens with one attached hydrogen (secondary N) is 1. The molecule has 1 aromatic carbocycles. The zero-order valence-corrected chi connectivity index (χ0v) is 18.8. The van der Waals surface area contributed by atoms with Crippen LogP contribution < -0.4 is 4.72 Å². The topological polar surface area (TPSA) is 75.7 Å². The van der Waals surface area contributed by atoms with Crippen molar-refractivity contribution in [3.63, 3.8) is 0 Å². The number of piperidine rings is 2. The zero-order chi connectivity index (χ0) is 20.9. The van der Waals surface area contributed by atoms with Crippen LogP contribution in [0.2, 0.25) is 0 Å². The molecule has 1 N–H and O–H groups in total. The van der Waals surface area contributed by atoms with Gasteiger partial charge in [0.1, 0.15) is 11.4 Å². The highest BCUT2D eigenvalue weighted by Gasteiger charge is 2.54. The van der Waals surface area contributed by atoms with Crippen molar-refractivity contribution in [1.82, 2.24) is 9.62 Å². The van der Waals surface area contributed by atoms with E-state index in [9.17, 15) is 17.6 Å². The van der Waals surface area contributed by atoms with Crippen LogP contribution >= 0.6 is 15.9 Å². The Balaban J connectivity index is 1.96. The van der Waals surface area contributed by atoms with Crippen LogP contribution in [0.1, 0.15) is 39.2 Å². The molecular weight excluding hydrogens is 451 g/mol. The maximum absolute atomic E-state index is 14.6. The van der Waals surface area contributed by atoms with Gasteiger partial charge in [0.15, 0.2) is 0 Å². The molecule has 1 amide bonds. The first-order chi connectivity index (χ1) is 12.9. The summed E-state index contributed by atoms with van der Waals surface area (Å²) < 4.78 is 47.1. The van der Waals surface area contributed by atoms with E-state index in [4.69, 9.17) is 4.74 Å². The number of ether oxygens (including phenoxy) is 1. The molecule has 2 bridgehead atoms. The number of carbonyl (C=O) groups is 1. The number of benzene rings is 1. The molecule has 2 atom stereocenters. The lowest BCUT2D eigenvalue weighted by atomic mass is 9.67. The minimum atomic E-state index is -3.49. The summed E-state index contributed by atoms with van der Waals surface area (Å²) in [5.41, 5.74) is -0.252. The molecule has 4 rings (SSSR count). The van der Waals surface area contributed by atoms with Crippen molar-refractivity contribution in [3.05, 3.63) is 34.1 Å². The van der Waals surface area contributed by atoms with E-state index in [2.05, 4.69) is 20.7 Å². The first-order valence-corrected chi connectivity index (χ1v) is 12.0. The zero-order valence-electron chi connectivity index (χ0n) is 16.4. The Labute approximate surface area is 174 Å². The average Bonchev–Trinajstić information content (AvgIpc) is 2.48. The Morgan fingerprint density at radius 1 is 1.36 bits per heavy atom. The van der Waals surface area contributed by atoms with Crippen LogP contribution in [0.4, 0.5) is 9.18 Å². The first-order valence-electron chi connectivity index (χ1n) is 9.27. The Bertz CT molecular complexity index is 865. The highest BCUT2D eigenvalue weighted by molar-refractivity contribution is 9.10. The van der Waals surface area contributed by atoms with Gasteiger partial charge in [0.05, 0.1) is 16.8 Å². The van der Waals surface area contributed by atoms with Crippen LogP contribution in [0.25, 0.3) is 0 Å². The second-order valence-electron chi connectivity index (χ2n) is 8.67. The standard InChI is InChI=1S/C19H26BrFN2O4S/c1-19(2,3)27-18(24)23-13-8-12(9-13)17(22-28(4,25)26)15(23)10-11-6-5-7-14(20)16(11)21/h5-7,12-13,15,17,22H,8-10H2,1-4H3/t12?,13?,15-,17-/m0/s1. The molecule has 0 spiro atoms. The number of fused-ring (bicyclic) bond motifs is 2. The molecule has 3 aliphatic rings. The van der Waals surface area contributed by atoms with E-state index < -0.39 is 39.6 Å². The van der Waals surface area contributed by atoms with E-state index in [1.54, 1.807) is 43.9 Å². The molecule has 2 heterocycles. The number of rotatable bonds is 4. The quantitative estimate of drug-likeness (QED) is 0.721. The summed E-state index contributed by atoms with van der Waals surface area (Å²) >= 11 is 3.19. The molecule has 2 saturated heterocycles. The van der Waals surface area contributed by atoms with Crippen LogP contribution in [-0.2, 0) is 21.2 Å². The van der Waals surface area contributed by atoms with Crippen molar-refractivity contribution in [2.24, 2.45) is 5.92 Å². The summed E-state index contributed by atoms with van der Waals surface area (Å²) in [4.78, 5) is 14.6. The van der Waals surface area contributed by atoms with Crippen molar-refractivity contribution in [2.45, 2.75) is 63.8 Å². The Morgan fingerprint density at radius 2 is 2.00 bits per heavy atom. The molecule has 3 fully saturated rings. The third-order valence-corrected chi connectivity index (χ3v) is 6.55. The predicted molar refractivity (Wildman–Crippen MR) is 108 cm³/mol. The van der Waals surface area contributed by atoms with Crippen LogP contribution in [0, 0.1) is 11.7 Å². The molecular formula is C19H26BrFN2O4S. The van der Waals surface area contributed by atoms with Gasteiger partial charge < -0.3 is 9.64 Å². The van der Waals surface area contributed by atoms with Gasteiger partial charge in [0, 0.05) is 12.1 Å². The monoisotopic (exact) mass is 476 g/mol. The van der Waals surface area contributed by atoms with Gasteiger partial charge in [-0.1, -0.05) is 12.1 Å². The number of amides is 1. The summed E-state index contributed by atoms with van der Waals surface area (Å²) in [5.74, 6) is -0.275. The highest BCUT2D eigenvalue weighted by Crippen LogP contribution is 2.45. The highest BCUT2D eigenvalue weighted by atomic mass is 79.9. The van der Waals surface area contributed by atoms with Crippen LogP contribution in [-0.4, -0.2) is 49.4 Å². The predicted octanol–water partition coefficient (Wildman–Crippen LogP) is 3.45. The second-order valence-corrected chi connectivity index (χ2v) is 11.3. The fourth-order valence-electron chi connectivity index (χ4n) is 4.09. The van der Waals surface area contributed by atoms with Crippen molar-refractivity contribution >= 4 is 32.0 Å². The molecule has 1 saturated carbocycles. The lowest BCUT2D eigenvalue weighted by molar-refractivity contribution is -0.0652. The van der Waals surface area contributed by atoms with Crippen molar-refractivity contribution < 1.29 is 22.3 Å². The molecule has 28 heavy (non-hydrogen) atoms. The average molecular weight is 477 g/mol. The first kappa shape index (κ1) is 21.5. The molecule has 1 aliphatic carbocycles. The van der Waals surface area contributed by atoms with Crippen molar-refractivity contribution in [1.29, 1.82) is 0 Å². The summed E-state index contributed by atoms with van der Waals surface area (Å²) in [7, 11) is -3.49. The van der Waals surface area contributed by atoms with Gasteiger partial charge in [-0.25, -0.2) is 22.3 Å². The van der Waals surface area contributed by atoms with Crippen molar-refractivity contribution in [3.8, 4) is 0 Å². The van der Waals surface area contributed by atoms with Gasteiger partial charge in [0.2, 0.25) is 10.0 Å². The third-order valence-electron chi connectivity index (χ3n) is 5.24. The summed E-state index contributed by atoms with van der Waals surface area (Å²) in [6.45, 7) is 5.36. The summed E-state index contributed by atoms with van der Waals surface area (Å²) in [6, 6.07) is 3.97. The van der Waals surface area contributed by atoms with Gasteiger partial charge in [-0.3, -0.25) is 0 Å². The van der Waals surface area contributed by atoms with Gasteiger partial charge in [-0.2, -0.15) is 0 Å². The molecule has 156 valence electrons. The van der Waals surface area contributed by atoms with Crippen molar-refractivity contribution in [2.75, 3.05) is 6.26 Å². The van der Waals surface area contributed by atoms with Gasteiger partial charge in [0.25, 0.3) is 0 Å². The molecule has 1 aromatic rings. The van der Waals surface area contributed by atoms with Gasteiger partial charge >= 0.3 is 6.09 Å². The maximum atomic E-state index is 14.6. The fourth-order valence-corrected chi connectivity index (χ4v) is 5.34. The Kier molecular flexibility index (Phi) is 5.82. The number of nitrogens with zero attached hydrogens (tertiary/aromatic N) is 1. The van der Waals surface area contributed by atoms with Crippen LogP contribution in [0.15, 0.2) is 22.7 Å². The number of hydrogen-bond donors (Lipinski definition) is 1. The summed E-state index contributed by atoms with van der Waals surface area (Å²) in [6.07, 6.45) is 2.24. The minimum Gasteiger partial charge on any atom is -0.444 e. The lowest BCUT2D eigenvalue weighted by Gasteiger charge is -2.57. The Morgan fingerprint density at radius 3 is 2.57 bits per heavy atom. The molecule has 2 aliphatic heterocycles. The lowest BCUT2D eigenvalue weighted by Crippen LogP contribution is -2.70. The number of hydrogen-bond acceptors (Lipinski definition) is 4. The van der Waals surface area contributed by atoms with E-state index in [1.807, 2.05) is 0 Å². The maximum Gasteiger partial charge on any atom is 0.410 e. The summed E-state index contributed by atoms with van der Waals surface area (Å²) in [5, 5.41) is 0. The smallest absolute Gasteiger partial charge is 0.410 e. The van der Waals surface area contributed by atoms with E-state index in [0.29, 0.717) is 22.9 Å².